The van der Waals surface area contributed by atoms with Crippen LogP contribution in [0.3, 0.4) is 0 Å². The summed E-state index contributed by atoms with van der Waals surface area (Å²) in [5.41, 5.74) is 1.68. The molecule has 128 valence electrons. The van der Waals surface area contributed by atoms with Gasteiger partial charge in [-0.1, -0.05) is 12.1 Å². The highest BCUT2D eigenvalue weighted by Crippen LogP contribution is 2.33. The molecule has 0 N–H and O–H groups in total. The zero-order valence-corrected chi connectivity index (χ0v) is 14.6. The molecule has 0 bridgehead atoms. The normalized spacial score (nSPS) is 14.5. The zero-order chi connectivity index (χ0) is 17.1. The number of carbonyl (C=O) groups is 1. The van der Waals surface area contributed by atoms with E-state index >= 15 is 0 Å². The van der Waals surface area contributed by atoms with Crippen LogP contribution in [0.5, 0.6) is 0 Å². The van der Waals surface area contributed by atoms with Crippen molar-refractivity contribution in [2.24, 2.45) is 0 Å². The summed E-state index contributed by atoms with van der Waals surface area (Å²) in [6.07, 6.45) is 0.801. The largest absolute Gasteiger partial charge is 0.373 e. The summed E-state index contributed by atoms with van der Waals surface area (Å²) in [4.78, 5) is 16.5. The summed E-state index contributed by atoms with van der Waals surface area (Å²) in [5.74, 6) is 1.71. The van der Waals surface area contributed by atoms with E-state index in [0.717, 1.165) is 24.4 Å². The van der Waals surface area contributed by atoms with E-state index in [4.69, 9.17) is 4.52 Å². The highest BCUT2D eigenvalue weighted by Gasteiger charge is 2.27. The van der Waals surface area contributed by atoms with E-state index in [1.54, 1.807) is 28.8 Å². The van der Waals surface area contributed by atoms with Crippen molar-refractivity contribution < 1.29 is 13.7 Å². The van der Waals surface area contributed by atoms with Crippen molar-refractivity contribution in [3.8, 4) is 0 Å². The summed E-state index contributed by atoms with van der Waals surface area (Å²) in [5, 5.41) is 3.90. The molecule has 3 rings (SSSR count). The van der Waals surface area contributed by atoms with Gasteiger partial charge in [0.05, 0.1) is 17.1 Å². The lowest BCUT2D eigenvalue weighted by molar-refractivity contribution is 0.0978. The molecule has 1 aromatic heterocycles. The number of anilines is 2. The SMILES string of the molecule is CCSCc1cc(C(=O)N2CCCN(C)c3ccc(F)cc32)no1. The summed E-state index contributed by atoms with van der Waals surface area (Å²) in [6, 6.07) is 6.21. The molecule has 0 unspecified atom stereocenters. The fourth-order valence-corrected chi connectivity index (χ4v) is 3.32. The number of nitrogens with zero attached hydrogens (tertiary/aromatic N) is 3. The molecule has 0 spiro atoms. The molecule has 0 radical (unpaired) electrons. The van der Waals surface area contributed by atoms with E-state index in [-0.39, 0.29) is 17.4 Å². The number of carbonyl (C=O) groups excluding carboxylic acids is 1. The lowest BCUT2D eigenvalue weighted by Gasteiger charge is -2.23. The maximum atomic E-state index is 13.7. The minimum Gasteiger partial charge on any atom is -0.373 e. The summed E-state index contributed by atoms with van der Waals surface area (Å²) < 4.78 is 19.0. The number of benzene rings is 1. The van der Waals surface area contributed by atoms with E-state index in [1.165, 1.54) is 12.1 Å². The van der Waals surface area contributed by atoms with Crippen LogP contribution in [0.25, 0.3) is 0 Å². The first-order chi connectivity index (χ1) is 11.6. The Morgan fingerprint density at radius 2 is 2.17 bits per heavy atom. The van der Waals surface area contributed by atoms with Crippen molar-refractivity contribution in [3.05, 3.63) is 41.5 Å². The third-order valence-corrected chi connectivity index (χ3v) is 4.88. The van der Waals surface area contributed by atoms with E-state index in [1.807, 2.05) is 11.9 Å². The van der Waals surface area contributed by atoms with Gasteiger partial charge < -0.3 is 14.3 Å². The van der Waals surface area contributed by atoms with Crippen LogP contribution in [0.1, 0.15) is 29.6 Å². The molecular weight excluding hydrogens is 329 g/mol. The molecule has 0 saturated heterocycles. The number of hydrogen-bond acceptors (Lipinski definition) is 5. The first kappa shape index (κ1) is 16.8. The summed E-state index contributed by atoms with van der Waals surface area (Å²) >= 11 is 1.70. The van der Waals surface area contributed by atoms with E-state index < -0.39 is 0 Å². The lowest BCUT2D eigenvalue weighted by Crippen LogP contribution is -2.31. The second kappa shape index (κ2) is 7.25. The number of amides is 1. The van der Waals surface area contributed by atoms with Crippen LogP contribution < -0.4 is 9.80 Å². The predicted molar refractivity (Wildman–Crippen MR) is 94.3 cm³/mol. The van der Waals surface area contributed by atoms with Gasteiger partial charge in [-0.2, -0.15) is 11.8 Å². The van der Waals surface area contributed by atoms with Crippen LogP contribution in [0, 0.1) is 5.82 Å². The molecule has 1 aromatic carbocycles. The minimum atomic E-state index is -0.359. The van der Waals surface area contributed by atoms with Crippen molar-refractivity contribution in [1.82, 2.24) is 5.16 Å². The Labute approximate surface area is 144 Å². The third-order valence-electron chi connectivity index (χ3n) is 3.99. The smallest absolute Gasteiger partial charge is 0.280 e. The Hall–Kier alpha value is -2.02. The van der Waals surface area contributed by atoms with Crippen LogP contribution >= 0.6 is 11.8 Å². The predicted octanol–water partition coefficient (Wildman–Crippen LogP) is 3.55. The topological polar surface area (TPSA) is 49.6 Å². The monoisotopic (exact) mass is 349 g/mol. The zero-order valence-electron chi connectivity index (χ0n) is 13.8. The van der Waals surface area contributed by atoms with Gasteiger partial charge in [-0.3, -0.25) is 4.79 Å². The molecule has 7 heteroatoms. The van der Waals surface area contributed by atoms with Crippen molar-refractivity contribution >= 4 is 29.0 Å². The minimum absolute atomic E-state index is 0.256. The first-order valence-electron chi connectivity index (χ1n) is 7.96. The van der Waals surface area contributed by atoms with Crippen LogP contribution in [-0.2, 0) is 5.75 Å². The Morgan fingerprint density at radius 3 is 2.96 bits per heavy atom. The highest BCUT2D eigenvalue weighted by molar-refractivity contribution is 7.98. The highest BCUT2D eigenvalue weighted by atomic mass is 32.2. The number of hydrogen-bond donors (Lipinski definition) is 0. The molecule has 1 amide bonds. The standard InChI is InChI=1S/C17H20FN3O2S/c1-3-24-11-13-10-14(19-23-13)17(22)21-8-4-7-20(2)15-6-5-12(18)9-16(15)21/h5-6,9-10H,3-4,7-8,11H2,1-2H3. The van der Waals surface area contributed by atoms with Crippen LogP contribution in [0.2, 0.25) is 0 Å². The fraction of sp³-hybridized carbons (Fsp3) is 0.412. The summed E-state index contributed by atoms with van der Waals surface area (Å²) in [7, 11) is 1.95. The third kappa shape index (κ3) is 3.40. The molecule has 0 saturated carbocycles. The van der Waals surface area contributed by atoms with Gasteiger partial charge in [-0.15, -0.1) is 0 Å². The van der Waals surface area contributed by atoms with Crippen LogP contribution in [-0.4, -0.2) is 37.0 Å². The average molecular weight is 349 g/mol. The van der Waals surface area contributed by atoms with E-state index in [0.29, 0.717) is 23.7 Å². The summed E-state index contributed by atoms with van der Waals surface area (Å²) in [6.45, 7) is 3.39. The average Bonchev–Trinajstić information content (AvgIpc) is 2.98. The second-order valence-corrected chi connectivity index (χ2v) is 6.95. The van der Waals surface area contributed by atoms with Gasteiger partial charge in [-0.25, -0.2) is 4.39 Å². The van der Waals surface area contributed by atoms with Gasteiger partial charge in [0.1, 0.15) is 11.6 Å². The Morgan fingerprint density at radius 1 is 1.33 bits per heavy atom. The van der Waals surface area contributed by atoms with E-state index in [9.17, 15) is 9.18 Å². The van der Waals surface area contributed by atoms with Gasteiger partial charge in [0.15, 0.2) is 5.69 Å². The Bertz CT molecular complexity index is 734. The lowest BCUT2D eigenvalue weighted by atomic mass is 10.2. The molecular formula is C17H20FN3O2S. The van der Waals surface area contributed by atoms with Crippen molar-refractivity contribution in [2.45, 2.75) is 19.1 Å². The molecule has 0 atom stereocenters. The second-order valence-electron chi connectivity index (χ2n) is 5.68. The fourth-order valence-electron chi connectivity index (χ4n) is 2.78. The molecule has 24 heavy (non-hydrogen) atoms. The maximum absolute atomic E-state index is 13.7. The van der Waals surface area contributed by atoms with Gasteiger partial charge in [0.2, 0.25) is 0 Å². The Balaban J connectivity index is 1.90. The number of halogens is 1. The molecule has 2 heterocycles. The van der Waals surface area contributed by atoms with Gasteiger partial charge in [0.25, 0.3) is 5.91 Å². The molecule has 0 fully saturated rings. The van der Waals surface area contributed by atoms with Crippen LogP contribution in [0.4, 0.5) is 15.8 Å². The quantitative estimate of drug-likeness (QED) is 0.845. The molecule has 5 nitrogen and oxygen atoms in total. The van der Waals surface area contributed by atoms with Crippen molar-refractivity contribution in [3.63, 3.8) is 0 Å². The first-order valence-corrected chi connectivity index (χ1v) is 9.11. The van der Waals surface area contributed by atoms with Gasteiger partial charge in [0, 0.05) is 26.2 Å². The van der Waals surface area contributed by atoms with Crippen molar-refractivity contribution in [2.75, 3.05) is 35.7 Å². The van der Waals surface area contributed by atoms with Crippen molar-refractivity contribution in [1.29, 1.82) is 0 Å². The molecule has 2 aromatic rings. The van der Waals surface area contributed by atoms with Crippen LogP contribution in [0.15, 0.2) is 28.8 Å². The molecule has 0 aliphatic carbocycles. The van der Waals surface area contributed by atoms with E-state index in [2.05, 4.69) is 12.1 Å². The van der Waals surface area contributed by atoms with Gasteiger partial charge in [-0.05, 0) is 30.4 Å². The maximum Gasteiger partial charge on any atom is 0.280 e. The molecule has 1 aliphatic rings. The number of thioether (sulfide) groups is 1. The number of rotatable bonds is 4. The number of fused-ring (bicyclic) bond motifs is 1. The number of aromatic nitrogens is 1. The van der Waals surface area contributed by atoms with Gasteiger partial charge >= 0.3 is 0 Å². The Kier molecular flexibility index (Phi) is 5.08. The molecule has 1 aliphatic heterocycles.